The number of aryl methyl sites for hydroxylation is 1. The van der Waals surface area contributed by atoms with Crippen LogP contribution in [-0.4, -0.2) is 4.98 Å². The Morgan fingerprint density at radius 2 is 1.65 bits per heavy atom. The first-order valence-electron chi connectivity index (χ1n) is 7.46. The van der Waals surface area contributed by atoms with Gasteiger partial charge in [-0.3, -0.25) is 4.98 Å². The van der Waals surface area contributed by atoms with Crippen molar-refractivity contribution in [1.82, 2.24) is 10.3 Å². The van der Waals surface area contributed by atoms with E-state index >= 15 is 0 Å². The van der Waals surface area contributed by atoms with Crippen LogP contribution >= 0.6 is 0 Å². The van der Waals surface area contributed by atoms with Gasteiger partial charge in [0.15, 0.2) is 0 Å². The van der Waals surface area contributed by atoms with Crippen LogP contribution in [0.25, 0.3) is 0 Å². The summed E-state index contributed by atoms with van der Waals surface area (Å²) in [4.78, 5) is 4.09. The maximum absolute atomic E-state index is 4.09. The number of nitrogens with zero attached hydrogens (tertiary/aromatic N) is 1. The monoisotopic (exact) mass is 266 g/mol. The van der Waals surface area contributed by atoms with E-state index in [0.29, 0.717) is 12.1 Å². The minimum Gasteiger partial charge on any atom is -0.303 e. The molecule has 3 rings (SSSR count). The van der Waals surface area contributed by atoms with Crippen LogP contribution in [0.3, 0.4) is 0 Å². The van der Waals surface area contributed by atoms with Crippen LogP contribution in [0.5, 0.6) is 0 Å². The topological polar surface area (TPSA) is 24.9 Å². The molecule has 1 aliphatic carbocycles. The second-order valence-electron chi connectivity index (χ2n) is 5.89. The van der Waals surface area contributed by atoms with Crippen LogP contribution in [0.4, 0.5) is 0 Å². The maximum Gasteiger partial charge on any atom is 0.0353 e. The highest BCUT2D eigenvalue weighted by Crippen LogP contribution is 2.42. The van der Waals surface area contributed by atoms with E-state index in [1.807, 2.05) is 12.4 Å². The van der Waals surface area contributed by atoms with Crippen molar-refractivity contribution in [3.05, 3.63) is 65.5 Å². The fourth-order valence-corrected chi connectivity index (χ4v) is 2.73. The average molecular weight is 266 g/mol. The number of benzene rings is 1. The number of nitrogens with one attached hydrogen (secondary N) is 1. The Bertz CT molecular complexity index is 543. The third-order valence-electron chi connectivity index (χ3n) is 4.17. The van der Waals surface area contributed by atoms with E-state index in [1.54, 1.807) is 0 Å². The van der Waals surface area contributed by atoms with Crippen LogP contribution in [0, 0.1) is 12.8 Å². The van der Waals surface area contributed by atoms with Gasteiger partial charge in [0.1, 0.15) is 0 Å². The first kappa shape index (κ1) is 13.3. The van der Waals surface area contributed by atoms with Gasteiger partial charge in [0.05, 0.1) is 0 Å². The van der Waals surface area contributed by atoms with E-state index in [2.05, 4.69) is 60.5 Å². The zero-order valence-electron chi connectivity index (χ0n) is 12.2. The zero-order chi connectivity index (χ0) is 13.9. The molecule has 2 aromatic rings. The molecular formula is C18H22N2. The smallest absolute Gasteiger partial charge is 0.0353 e. The lowest BCUT2D eigenvalue weighted by Crippen LogP contribution is -2.26. The summed E-state index contributed by atoms with van der Waals surface area (Å²) < 4.78 is 0. The molecule has 0 amide bonds. The quantitative estimate of drug-likeness (QED) is 0.877. The second kappa shape index (κ2) is 5.76. The first-order valence-corrected chi connectivity index (χ1v) is 7.46. The van der Waals surface area contributed by atoms with Crippen LogP contribution in [0.2, 0.25) is 0 Å². The lowest BCUT2D eigenvalue weighted by atomic mass is 9.99. The van der Waals surface area contributed by atoms with E-state index in [9.17, 15) is 0 Å². The number of hydrogen-bond acceptors (Lipinski definition) is 2. The van der Waals surface area contributed by atoms with Crippen molar-refractivity contribution in [2.24, 2.45) is 5.92 Å². The van der Waals surface area contributed by atoms with Gasteiger partial charge in [-0.2, -0.15) is 0 Å². The highest BCUT2D eigenvalue weighted by atomic mass is 15.0. The SMILES string of the molecule is Cc1ccc(C(NC(C)c2ccncc2)C2CC2)cc1. The van der Waals surface area contributed by atoms with Gasteiger partial charge in [-0.1, -0.05) is 29.8 Å². The molecule has 20 heavy (non-hydrogen) atoms. The average Bonchev–Trinajstić information content (AvgIpc) is 3.31. The molecule has 0 aliphatic heterocycles. The highest BCUT2D eigenvalue weighted by molar-refractivity contribution is 5.26. The zero-order valence-corrected chi connectivity index (χ0v) is 12.2. The van der Waals surface area contributed by atoms with Crippen LogP contribution in [-0.2, 0) is 0 Å². The predicted octanol–water partition coefficient (Wildman–Crippen LogP) is 4.19. The fraction of sp³-hybridized carbons (Fsp3) is 0.389. The van der Waals surface area contributed by atoms with Crippen molar-refractivity contribution in [2.45, 2.75) is 38.8 Å². The number of aromatic nitrogens is 1. The van der Waals surface area contributed by atoms with Gasteiger partial charge in [-0.25, -0.2) is 0 Å². The third kappa shape index (κ3) is 3.07. The molecule has 1 fully saturated rings. The molecule has 2 atom stereocenters. The van der Waals surface area contributed by atoms with Crippen LogP contribution < -0.4 is 5.32 Å². The molecule has 0 bridgehead atoms. The van der Waals surface area contributed by atoms with Gasteiger partial charge >= 0.3 is 0 Å². The normalized spacial score (nSPS) is 17.7. The molecule has 2 heteroatoms. The minimum atomic E-state index is 0.352. The van der Waals surface area contributed by atoms with Gasteiger partial charge in [-0.05, 0) is 55.9 Å². The molecule has 104 valence electrons. The molecule has 0 spiro atoms. The van der Waals surface area contributed by atoms with Crippen LogP contribution in [0.15, 0.2) is 48.8 Å². The molecule has 2 nitrogen and oxygen atoms in total. The molecule has 2 unspecified atom stereocenters. The largest absolute Gasteiger partial charge is 0.303 e. The lowest BCUT2D eigenvalue weighted by molar-refractivity contribution is 0.427. The van der Waals surface area contributed by atoms with Gasteiger partial charge in [0, 0.05) is 24.5 Å². The molecule has 1 aromatic heterocycles. The van der Waals surface area contributed by atoms with E-state index in [-0.39, 0.29) is 0 Å². The van der Waals surface area contributed by atoms with Crippen molar-refractivity contribution >= 4 is 0 Å². The van der Waals surface area contributed by atoms with Gasteiger partial charge < -0.3 is 5.32 Å². The molecule has 1 aliphatic rings. The van der Waals surface area contributed by atoms with E-state index in [4.69, 9.17) is 0 Å². The summed E-state index contributed by atoms with van der Waals surface area (Å²) in [5.41, 5.74) is 4.04. The standard InChI is InChI=1S/C18H22N2/c1-13-3-5-16(6-4-13)18(17-7-8-17)20-14(2)15-9-11-19-12-10-15/h3-6,9-12,14,17-18,20H,7-8H2,1-2H3. The molecular weight excluding hydrogens is 244 g/mol. The third-order valence-corrected chi connectivity index (χ3v) is 4.17. The lowest BCUT2D eigenvalue weighted by Gasteiger charge is -2.24. The highest BCUT2D eigenvalue weighted by Gasteiger charge is 2.33. The Morgan fingerprint density at radius 3 is 2.25 bits per heavy atom. The molecule has 0 radical (unpaired) electrons. The molecule has 0 saturated heterocycles. The Balaban J connectivity index is 1.76. The van der Waals surface area contributed by atoms with Crippen molar-refractivity contribution in [1.29, 1.82) is 0 Å². The summed E-state index contributed by atoms with van der Waals surface area (Å²) in [6, 6.07) is 14.0. The van der Waals surface area contributed by atoms with Crippen molar-refractivity contribution < 1.29 is 0 Å². The predicted molar refractivity (Wildman–Crippen MR) is 82.4 cm³/mol. The Hall–Kier alpha value is -1.67. The molecule has 1 aromatic carbocycles. The van der Waals surface area contributed by atoms with Crippen molar-refractivity contribution in [2.75, 3.05) is 0 Å². The number of pyridine rings is 1. The van der Waals surface area contributed by atoms with E-state index in [0.717, 1.165) is 5.92 Å². The Morgan fingerprint density at radius 1 is 1.00 bits per heavy atom. The summed E-state index contributed by atoms with van der Waals surface area (Å²) in [6.07, 6.45) is 6.42. The number of rotatable bonds is 5. The summed E-state index contributed by atoms with van der Waals surface area (Å²) >= 11 is 0. The van der Waals surface area contributed by atoms with Gasteiger partial charge in [-0.15, -0.1) is 0 Å². The Kier molecular flexibility index (Phi) is 3.83. The van der Waals surface area contributed by atoms with Crippen molar-refractivity contribution in [3.8, 4) is 0 Å². The Labute approximate surface area is 121 Å². The first-order chi connectivity index (χ1) is 9.74. The van der Waals surface area contributed by atoms with Gasteiger partial charge in [0.25, 0.3) is 0 Å². The minimum absolute atomic E-state index is 0.352. The van der Waals surface area contributed by atoms with E-state index in [1.165, 1.54) is 29.5 Å². The van der Waals surface area contributed by atoms with Crippen molar-refractivity contribution in [3.63, 3.8) is 0 Å². The summed E-state index contributed by atoms with van der Waals surface area (Å²) in [6.45, 7) is 4.38. The van der Waals surface area contributed by atoms with Gasteiger partial charge in [0.2, 0.25) is 0 Å². The maximum atomic E-state index is 4.09. The summed E-state index contributed by atoms with van der Waals surface area (Å²) in [7, 11) is 0. The molecule has 1 N–H and O–H groups in total. The molecule has 1 saturated carbocycles. The molecule has 1 heterocycles. The summed E-state index contributed by atoms with van der Waals surface area (Å²) in [5.74, 6) is 0.794. The van der Waals surface area contributed by atoms with E-state index < -0.39 is 0 Å². The number of hydrogen-bond donors (Lipinski definition) is 1. The van der Waals surface area contributed by atoms with Crippen LogP contribution in [0.1, 0.15) is 48.5 Å². The summed E-state index contributed by atoms with van der Waals surface area (Å²) in [5, 5.41) is 3.80. The fourth-order valence-electron chi connectivity index (χ4n) is 2.73. The second-order valence-corrected chi connectivity index (χ2v) is 5.89.